The zero-order valence-electron chi connectivity index (χ0n) is 7.45. The van der Waals surface area contributed by atoms with Crippen LogP contribution >= 0.6 is 0 Å². The highest BCUT2D eigenvalue weighted by atomic mass is 16.5. The van der Waals surface area contributed by atoms with Gasteiger partial charge in [0.1, 0.15) is 6.10 Å². The van der Waals surface area contributed by atoms with Crippen LogP contribution in [0, 0.1) is 0 Å². The third-order valence-corrected chi connectivity index (χ3v) is 1.90. The fourth-order valence-corrected chi connectivity index (χ4v) is 1.26. The summed E-state index contributed by atoms with van der Waals surface area (Å²) in [4.78, 5) is 0. The van der Waals surface area contributed by atoms with E-state index in [4.69, 9.17) is 9.47 Å². The maximum Gasteiger partial charge on any atom is 0.101 e. The molecule has 1 heterocycles. The van der Waals surface area contributed by atoms with Gasteiger partial charge in [-0.15, -0.1) is 0 Å². The van der Waals surface area contributed by atoms with E-state index in [-0.39, 0.29) is 6.10 Å². The van der Waals surface area contributed by atoms with Crippen LogP contribution in [0.4, 0.5) is 0 Å². The second-order valence-electron chi connectivity index (χ2n) is 3.06. The molecule has 0 radical (unpaired) electrons. The minimum absolute atomic E-state index is 0.275. The summed E-state index contributed by atoms with van der Waals surface area (Å²) in [7, 11) is 1.57. The van der Waals surface area contributed by atoms with Gasteiger partial charge in [-0.2, -0.15) is 0 Å². The van der Waals surface area contributed by atoms with Gasteiger partial charge in [-0.3, -0.25) is 0 Å². The molecule has 4 heteroatoms. The van der Waals surface area contributed by atoms with Gasteiger partial charge < -0.3 is 19.9 Å². The lowest BCUT2D eigenvalue weighted by atomic mass is 10.3. The summed E-state index contributed by atoms with van der Waals surface area (Å²) >= 11 is 0. The summed E-state index contributed by atoms with van der Waals surface area (Å²) in [5.74, 6) is 0. The summed E-state index contributed by atoms with van der Waals surface area (Å²) in [6.07, 6.45) is 0.826. The van der Waals surface area contributed by atoms with E-state index < -0.39 is 6.10 Å². The van der Waals surface area contributed by atoms with Crippen LogP contribution in [-0.4, -0.2) is 50.7 Å². The van der Waals surface area contributed by atoms with E-state index in [1.54, 1.807) is 7.11 Å². The van der Waals surface area contributed by atoms with Crippen molar-refractivity contribution in [3.8, 4) is 0 Å². The van der Waals surface area contributed by atoms with Gasteiger partial charge in [0.2, 0.25) is 0 Å². The number of rotatable bonds is 5. The van der Waals surface area contributed by atoms with Crippen molar-refractivity contribution in [2.75, 3.05) is 33.4 Å². The standard InChI is InChI=1S/C8H17NO3/c1-11-5-7(10)6-12-8-2-3-9-4-8/h7-10H,2-6H2,1H3/t7-,8+/m1/s1. The van der Waals surface area contributed by atoms with Gasteiger partial charge in [0.25, 0.3) is 0 Å². The molecule has 0 unspecified atom stereocenters. The van der Waals surface area contributed by atoms with E-state index >= 15 is 0 Å². The summed E-state index contributed by atoms with van der Waals surface area (Å²) in [6.45, 7) is 2.64. The SMILES string of the molecule is COC[C@@H](O)CO[C@H]1CCNC1. The monoisotopic (exact) mass is 175 g/mol. The Morgan fingerprint density at radius 2 is 2.42 bits per heavy atom. The minimum Gasteiger partial charge on any atom is -0.388 e. The topological polar surface area (TPSA) is 50.7 Å². The molecule has 2 N–H and O–H groups in total. The third-order valence-electron chi connectivity index (χ3n) is 1.90. The normalized spacial score (nSPS) is 26.0. The Morgan fingerprint density at radius 1 is 1.58 bits per heavy atom. The number of aliphatic hydroxyl groups excluding tert-OH is 1. The molecule has 1 aliphatic rings. The van der Waals surface area contributed by atoms with Crippen LogP contribution in [0.1, 0.15) is 6.42 Å². The number of hydrogen-bond donors (Lipinski definition) is 2. The molecule has 1 aliphatic heterocycles. The average molecular weight is 175 g/mol. The van der Waals surface area contributed by atoms with Crippen LogP contribution in [-0.2, 0) is 9.47 Å². The first kappa shape index (κ1) is 9.92. The zero-order chi connectivity index (χ0) is 8.81. The number of methoxy groups -OCH3 is 1. The molecule has 12 heavy (non-hydrogen) atoms. The lowest BCUT2D eigenvalue weighted by Crippen LogP contribution is -2.26. The van der Waals surface area contributed by atoms with Crippen molar-refractivity contribution in [1.29, 1.82) is 0 Å². The molecular weight excluding hydrogens is 158 g/mol. The third kappa shape index (κ3) is 3.49. The predicted octanol–water partition coefficient (Wildman–Crippen LogP) is -0.628. The largest absolute Gasteiger partial charge is 0.388 e. The van der Waals surface area contributed by atoms with Crippen LogP contribution in [0.25, 0.3) is 0 Å². The van der Waals surface area contributed by atoms with Crippen LogP contribution in [0.2, 0.25) is 0 Å². The molecule has 72 valence electrons. The van der Waals surface area contributed by atoms with Crippen molar-refractivity contribution in [3.63, 3.8) is 0 Å². The molecule has 0 aromatic heterocycles. The first-order chi connectivity index (χ1) is 5.83. The van der Waals surface area contributed by atoms with Crippen molar-refractivity contribution >= 4 is 0 Å². The maximum absolute atomic E-state index is 9.24. The van der Waals surface area contributed by atoms with Gasteiger partial charge in [0.15, 0.2) is 0 Å². The molecule has 1 rings (SSSR count). The van der Waals surface area contributed by atoms with E-state index in [0.717, 1.165) is 19.5 Å². The summed E-state index contributed by atoms with van der Waals surface area (Å²) in [6, 6.07) is 0. The molecule has 1 fully saturated rings. The van der Waals surface area contributed by atoms with Crippen molar-refractivity contribution in [3.05, 3.63) is 0 Å². The van der Waals surface area contributed by atoms with Gasteiger partial charge in [-0.05, 0) is 13.0 Å². The molecule has 0 aromatic carbocycles. The quantitative estimate of drug-likeness (QED) is 0.584. The average Bonchev–Trinajstić information content (AvgIpc) is 2.53. The van der Waals surface area contributed by atoms with Crippen molar-refractivity contribution in [2.45, 2.75) is 18.6 Å². The fraction of sp³-hybridized carbons (Fsp3) is 1.00. The Kier molecular flexibility index (Phi) is 4.53. The molecule has 0 bridgehead atoms. The second kappa shape index (κ2) is 5.48. The maximum atomic E-state index is 9.24. The van der Waals surface area contributed by atoms with Crippen LogP contribution < -0.4 is 5.32 Å². The van der Waals surface area contributed by atoms with E-state index in [1.165, 1.54) is 0 Å². The predicted molar refractivity (Wildman–Crippen MR) is 45.1 cm³/mol. The molecule has 1 saturated heterocycles. The number of aliphatic hydroxyl groups is 1. The second-order valence-corrected chi connectivity index (χ2v) is 3.06. The highest BCUT2D eigenvalue weighted by Gasteiger charge is 2.15. The highest BCUT2D eigenvalue weighted by molar-refractivity contribution is 4.71. The molecule has 0 amide bonds. The van der Waals surface area contributed by atoms with Gasteiger partial charge in [-0.1, -0.05) is 0 Å². The number of nitrogens with one attached hydrogen (secondary N) is 1. The highest BCUT2D eigenvalue weighted by Crippen LogP contribution is 2.03. The fourth-order valence-electron chi connectivity index (χ4n) is 1.26. The van der Waals surface area contributed by atoms with Gasteiger partial charge in [0, 0.05) is 13.7 Å². The Bertz CT molecular complexity index is 115. The lowest BCUT2D eigenvalue weighted by molar-refractivity contribution is -0.0302. The molecular formula is C8H17NO3. The van der Waals surface area contributed by atoms with E-state index in [0.29, 0.717) is 13.2 Å². The lowest BCUT2D eigenvalue weighted by Gasteiger charge is -2.13. The van der Waals surface area contributed by atoms with Gasteiger partial charge in [0.05, 0.1) is 19.3 Å². The first-order valence-corrected chi connectivity index (χ1v) is 4.32. The Morgan fingerprint density at radius 3 is 3.00 bits per heavy atom. The molecule has 4 nitrogen and oxygen atoms in total. The van der Waals surface area contributed by atoms with Crippen molar-refractivity contribution in [1.82, 2.24) is 5.32 Å². The van der Waals surface area contributed by atoms with Crippen LogP contribution in [0.3, 0.4) is 0 Å². The van der Waals surface area contributed by atoms with E-state index in [2.05, 4.69) is 5.32 Å². The molecule has 0 aromatic rings. The summed E-state index contributed by atoms with van der Waals surface area (Å²) < 4.78 is 10.2. The van der Waals surface area contributed by atoms with E-state index in [1.807, 2.05) is 0 Å². The van der Waals surface area contributed by atoms with Gasteiger partial charge >= 0.3 is 0 Å². The smallest absolute Gasteiger partial charge is 0.101 e. The number of hydrogen-bond acceptors (Lipinski definition) is 4. The van der Waals surface area contributed by atoms with Crippen molar-refractivity contribution < 1.29 is 14.6 Å². The van der Waals surface area contributed by atoms with Gasteiger partial charge in [-0.25, -0.2) is 0 Å². The Hall–Kier alpha value is -0.160. The Labute approximate surface area is 72.9 Å². The minimum atomic E-state index is -0.490. The zero-order valence-corrected chi connectivity index (χ0v) is 7.45. The molecule has 2 atom stereocenters. The number of ether oxygens (including phenoxy) is 2. The van der Waals surface area contributed by atoms with Crippen molar-refractivity contribution in [2.24, 2.45) is 0 Å². The first-order valence-electron chi connectivity index (χ1n) is 4.32. The summed E-state index contributed by atoms with van der Waals surface area (Å²) in [5, 5.41) is 12.4. The summed E-state index contributed by atoms with van der Waals surface area (Å²) in [5.41, 5.74) is 0. The molecule has 0 spiro atoms. The van der Waals surface area contributed by atoms with Crippen LogP contribution in [0.15, 0.2) is 0 Å². The van der Waals surface area contributed by atoms with E-state index in [9.17, 15) is 5.11 Å². The van der Waals surface area contributed by atoms with Crippen LogP contribution in [0.5, 0.6) is 0 Å². The Balaban J connectivity index is 1.99. The molecule has 0 aliphatic carbocycles. The molecule has 0 saturated carbocycles.